The van der Waals surface area contributed by atoms with Crippen LogP contribution in [-0.4, -0.2) is 63.2 Å². The maximum Gasteiger partial charge on any atom is 0.240 e. The molecule has 0 saturated carbocycles. The van der Waals surface area contributed by atoms with Gasteiger partial charge in [0.25, 0.3) is 0 Å². The van der Waals surface area contributed by atoms with Gasteiger partial charge in [-0.25, -0.2) is 13.1 Å². The Bertz CT molecular complexity index is 719. The molecule has 140 valence electrons. The molecule has 1 atom stereocenters. The van der Waals surface area contributed by atoms with Crippen molar-refractivity contribution in [1.82, 2.24) is 14.9 Å². The maximum absolute atomic E-state index is 12.5. The first kappa shape index (κ1) is 19.7. The summed E-state index contributed by atoms with van der Waals surface area (Å²) >= 11 is 0. The lowest BCUT2D eigenvalue weighted by atomic mass is 10.2. The average molecular weight is 369 g/mol. The molecule has 0 aromatic heterocycles. The van der Waals surface area contributed by atoms with E-state index < -0.39 is 10.0 Å². The fourth-order valence-electron chi connectivity index (χ4n) is 2.78. The van der Waals surface area contributed by atoms with E-state index in [1.807, 2.05) is 30.9 Å². The van der Waals surface area contributed by atoms with E-state index in [0.717, 1.165) is 30.6 Å². The molecule has 0 radical (unpaired) electrons. The molecule has 7 nitrogen and oxygen atoms in total. The van der Waals surface area contributed by atoms with Crippen molar-refractivity contribution in [1.29, 1.82) is 0 Å². The number of benzene rings is 1. The topological polar surface area (TPSA) is 94.0 Å². The molecule has 1 aromatic rings. The predicted molar refractivity (Wildman–Crippen MR) is 99.3 cm³/mol. The van der Waals surface area contributed by atoms with Crippen LogP contribution < -0.4 is 10.0 Å². The number of aliphatic hydroxyl groups is 1. The van der Waals surface area contributed by atoms with E-state index in [2.05, 4.69) is 15.0 Å². The highest BCUT2D eigenvalue weighted by molar-refractivity contribution is 7.89. The lowest BCUT2D eigenvalue weighted by Gasteiger charge is -2.21. The minimum atomic E-state index is -3.54. The predicted octanol–water partition coefficient (Wildman–Crippen LogP) is 0.614. The summed E-state index contributed by atoms with van der Waals surface area (Å²) in [6, 6.07) is 5.38. The Balaban J connectivity index is 1.97. The highest BCUT2D eigenvalue weighted by Crippen LogP contribution is 2.16. The zero-order chi connectivity index (χ0) is 18.4. The van der Waals surface area contributed by atoms with Crippen LogP contribution in [0.4, 0.5) is 0 Å². The van der Waals surface area contributed by atoms with Gasteiger partial charge in [0.2, 0.25) is 10.0 Å². The highest BCUT2D eigenvalue weighted by Gasteiger charge is 2.22. The number of nitrogens with one attached hydrogen (secondary N) is 2. The van der Waals surface area contributed by atoms with Gasteiger partial charge in [-0.2, -0.15) is 0 Å². The smallest absolute Gasteiger partial charge is 0.240 e. The zero-order valence-electron chi connectivity index (χ0n) is 15.1. The highest BCUT2D eigenvalue weighted by atomic mass is 32.2. The van der Waals surface area contributed by atoms with Crippen LogP contribution in [0, 0.1) is 13.8 Å². The number of guanidine groups is 1. The summed E-state index contributed by atoms with van der Waals surface area (Å²) in [5.41, 5.74) is 1.63. The number of hydrogen-bond donors (Lipinski definition) is 3. The summed E-state index contributed by atoms with van der Waals surface area (Å²) in [5.74, 6) is 0.713. The molecule has 3 N–H and O–H groups in total. The number of aryl methyl sites for hydroxylation is 2. The van der Waals surface area contributed by atoms with E-state index in [-0.39, 0.29) is 12.6 Å². The third-order valence-electron chi connectivity index (χ3n) is 4.10. The van der Waals surface area contributed by atoms with Crippen molar-refractivity contribution in [3.05, 3.63) is 29.3 Å². The number of aliphatic hydroxyl groups excluding tert-OH is 1. The molecule has 0 spiro atoms. The molecule has 2 rings (SSSR count). The van der Waals surface area contributed by atoms with Crippen molar-refractivity contribution < 1.29 is 13.5 Å². The molecule has 1 fully saturated rings. The minimum Gasteiger partial charge on any atom is -0.391 e. The standard InChI is InChI=1S/C17H28N4O3S/c1-4-18-17(21-10-7-15(22)12-21)19-8-9-20-25(23,24)16-11-13(2)5-6-14(16)3/h5-6,11,15,20,22H,4,7-10,12H2,1-3H3,(H,18,19)/t15-/m1/s1. The summed E-state index contributed by atoms with van der Waals surface area (Å²) in [6.45, 7) is 8.22. The van der Waals surface area contributed by atoms with E-state index in [1.54, 1.807) is 13.0 Å². The summed E-state index contributed by atoms with van der Waals surface area (Å²) in [6.07, 6.45) is 0.399. The molecule has 0 bridgehead atoms. The maximum atomic E-state index is 12.5. The molecule has 1 aliphatic rings. The Kier molecular flexibility index (Phi) is 6.80. The van der Waals surface area contributed by atoms with Crippen LogP contribution in [0.25, 0.3) is 0 Å². The van der Waals surface area contributed by atoms with Crippen molar-refractivity contribution >= 4 is 16.0 Å². The molecular weight excluding hydrogens is 340 g/mol. The number of sulfonamides is 1. The van der Waals surface area contributed by atoms with Gasteiger partial charge in [-0.1, -0.05) is 12.1 Å². The molecule has 8 heteroatoms. The first-order valence-corrected chi connectivity index (χ1v) is 10.1. The second kappa shape index (κ2) is 8.64. The number of aliphatic imine (C=N–C) groups is 1. The number of hydrogen-bond acceptors (Lipinski definition) is 4. The largest absolute Gasteiger partial charge is 0.391 e. The molecule has 1 aliphatic heterocycles. The van der Waals surface area contributed by atoms with Gasteiger partial charge in [0.05, 0.1) is 17.5 Å². The first-order chi connectivity index (χ1) is 11.8. The van der Waals surface area contributed by atoms with Crippen molar-refractivity contribution in [3.8, 4) is 0 Å². The summed E-state index contributed by atoms with van der Waals surface area (Å²) in [4.78, 5) is 6.76. The zero-order valence-corrected chi connectivity index (χ0v) is 15.9. The van der Waals surface area contributed by atoms with E-state index in [0.29, 0.717) is 23.9 Å². The Morgan fingerprint density at radius 1 is 1.40 bits per heavy atom. The van der Waals surface area contributed by atoms with Gasteiger partial charge >= 0.3 is 0 Å². The van der Waals surface area contributed by atoms with Gasteiger partial charge in [-0.15, -0.1) is 0 Å². The fourth-order valence-corrected chi connectivity index (χ4v) is 4.12. The molecule has 0 amide bonds. The van der Waals surface area contributed by atoms with Gasteiger partial charge in [-0.05, 0) is 44.4 Å². The van der Waals surface area contributed by atoms with E-state index in [4.69, 9.17) is 0 Å². The van der Waals surface area contributed by atoms with Crippen molar-refractivity contribution in [2.75, 3.05) is 32.7 Å². The molecule has 25 heavy (non-hydrogen) atoms. The quantitative estimate of drug-likeness (QED) is 0.389. The van der Waals surface area contributed by atoms with Crippen LogP contribution in [0.2, 0.25) is 0 Å². The first-order valence-electron chi connectivity index (χ1n) is 8.61. The third-order valence-corrected chi connectivity index (χ3v) is 5.70. The summed E-state index contributed by atoms with van der Waals surface area (Å²) in [7, 11) is -3.54. The van der Waals surface area contributed by atoms with Gasteiger partial charge in [0.15, 0.2) is 5.96 Å². The van der Waals surface area contributed by atoms with Crippen molar-refractivity contribution in [3.63, 3.8) is 0 Å². The lowest BCUT2D eigenvalue weighted by Crippen LogP contribution is -2.41. The fraction of sp³-hybridized carbons (Fsp3) is 0.588. The van der Waals surface area contributed by atoms with Gasteiger partial charge in [-0.3, -0.25) is 4.99 Å². The van der Waals surface area contributed by atoms with E-state index in [1.165, 1.54) is 0 Å². The van der Waals surface area contributed by atoms with Crippen molar-refractivity contribution in [2.45, 2.75) is 38.2 Å². The summed E-state index contributed by atoms with van der Waals surface area (Å²) in [5, 5.41) is 12.8. The second-order valence-corrected chi connectivity index (χ2v) is 8.03. The Morgan fingerprint density at radius 2 is 2.16 bits per heavy atom. The second-order valence-electron chi connectivity index (χ2n) is 6.29. The lowest BCUT2D eigenvalue weighted by molar-refractivity contribution is 0.188. The molecule has 1 aromatic carbocycles. The third kappa shape index (κ3) is 5.42. The molecular formula is C17H28N4O3S. The monoisotopic (exact) mass is 368 g/mol. The van der Waals surface area contributed by atoms with Crippen LogP contribution >= 0.6 is 0 Å². The van der Waals surface area contributed by atoms with Gasteiger partial charge in [0.1, 0.15) is 0 Å². The molecule has 1 heterocycles. The number of likely N-dealkylation sites (tertiary alicyclic amines) is 1. The Morgan fingerprint density at radius 3 is 2.80 bits per heavy atom. The van der Waals surface area contributed by atoms with E-state index in [9.17, 15) is 13.5 Å². The molecule has 0 aliphatic carbocycles. The average Bonchev–Trinajstić information content (AvgIpc) is 2.99. The Hall–Kier alpha value is -1.64. The summed E-state index contributed by atoms with van der Waals surface area (Å²) < 4.78 is 27.5. The van der Waals surface area contributed by atoms with Crippen molar-refractivity contribution in [2.24, 2.45) is 4.99 Å². The Labute approximate surface area is 150 Å². The normalized spacial score (nSPS) is 18.6. The van der Waals surface area contributed by atoms with Crippen LogP contribution in [0.5, 0.6) is 0 Å². The molecule has 1 saturated heterocycles. The number of β-amino-alcohol motifs (C(OH)–C–C–N with tert-alkyl or cyclic N) is 1. The van der Waals surface area contributed by atoms with Crippen LogP contribution in [0.3, 0.4) is 0 Å². The minimum absolute atomic E-state index is 0.223. The SMILES string of the molecule is CCNC(=NCCNS(=O)(=O)c1cc(C)ccc1C)N1CC[C@@H](O)C1. The van der Waals surface area contributed by atoms with Gasteiger partial charge < -0.3 is 15.3 Å². The van der Waals surface area contributed by atoms with E-state index >= 15 is 0 Å². The van der Waals surface area contributed by atoms with Crippen LogP contribution in [0.1, 0.15) is 24.5 Å². The molecule has 0 unspecified atom stereocenters. The number of rotatable bonds is 6. The van der Waals surface area contributed by atoms with Crippen LogP contribution in [-0.2, 0) is 10.0 Å². The van der Waals surface area contributed by atoms with Gasteiger partial charge in [0, 0.05) is 26.2 Å². The number of nitrogens with zero attached hydrogens (tertiary/aromatic N) is 2. The van der Waals surface area contributed by atoms with Crippen LogP contribution in [0.15, 0.2) is 28.1 Å².